The Balaban J connectivity index is 2.15. The summed E-state index contributed by atoms with van der Waals surface area (Å²) in [6.07, 6.45) is 5.00. The van der Waals surface area contributed by atoms with E-state index < -0.39 is 5.41 Å². The molecule has 1 unspecified atom stereocenters. The van der Waals surface area contributed by atoms with E-state index in [0.717, 1.165) is 25.7 Å². The number of morpholine rings is 1. The van der Waals surface area contributed by atoms with Crippen molar-refractivity contribution in [1.29, 1.82) is 0 Å². The van der Waals surface area contributed by atoms with Gasteiger partial charge in [-0.2, -0.15) is 0 Å². The summed E-state index contributed by atoms with van der Waals surface area (Å²) in [4.78, 5) is 15.0. The fourth-order valence-electron chi connectivity index (χ4n) is 3.03. The lowest BCUT2D eigenvalue weighted by atomic mass is 9.72. The Kier molecular flexibility index (Phi) is 4.22. The quantitative estimate of drug-likeness (QED) is 0.772. The minimum Gasteiger partial charge on any atom is -0.392 e. The van der Waals surface area contributed by atoms with E-state index in [9.17, 15) is 4.79 Å². The number of thiocarbonyl (C=S) groups is 1. The number of nitrogens with two attached hydrogens (primary N) is 1. The van der Waals surface area contributed by atoms with E-state index in [-0.39, 0.29) is 12.0 Å². The standard InChI is InChI=1S/C13H22N2O2S/c1-10-9-15(7-8-17-10)12(16)13(11(14)18)5-3-2-4-6-13/h10H,2-9H2,1H3,(H2,14,18). The van der Waals surface area contributed by atoms with Gasteiger partial charge in [0.2, 0.25) is 5.91 Å². The fourth-order valence-corrected chi connectivity index (χ4v) is 3.32. The van der Waals surface area contributed by atoms with Crippen LogP contribution < -0.4 is 5.73 Å². The van der Waals surface area contributed by atoms with Gasteiger partial charge in [0.05, 0.1) is 23.1 Å². The summed E-state index contributed by atoms with van der Waals surface area (Å²) >= 11 is 5.20. The van der Waals surface area contributed by atoms with Crippen molar-refractivity contribution in [3.05, 3.63) is 0 Å². The van der Waals surface area contributed by atoms with Gasteiger partial charge in [-0.3, -0.25) is 4.79 Å². The highest BCUT2D eigenvalue weighted by Crippen LogP contribution is 2.38. The second-order valence-electron chi connectivity index (χ2n) is 5.44. The van der Waals surface area contributed by atoms with Crippen LogP contribution in [-0.4, -0.2) is 41.6 Å². The zero-order valence-corrected chi connectivity index (χ0v) is 11.8. The molecule has 5 heteroatoms. The summed E-state index contributed by atoms with van der Waals surface area (Å²) in [5.74, 6) is 0.129. The molecule has 0 radical (unpaired) electrons. The molecule has 1 aliphatic heterocycles. The number of hydrogen-bond acceptors (Lipinski definition) is 3. The van der Waals surface area contributed by atoms with Gasteiger partial charge in [-0.15, -0.1) is 0 Å². The molecule has 1 amide bonds. The van der Waals surface area contributed by atoms with Gasteiger partial charge in [-0.25, -0.2) is 0 Å². The molecule has 0 aromatic carbocycles. The van der Waals surface area contributed by atoms with Crippen molar-refractivity contribution in [1.82, 2.24) is 4.90 Å². The molecule has 0 aromatic heterocycles. The van der Waals surface area contributed by atoms with Crippen LogP contribution in [0.4, 0.5) is 0 Å². The van der Waals surface area contributed by atoms with Crippen LogP contribution in [0.25, 0.3) is 0 Å². The lowest BCUT2D eigenvalue weighted by Crippen LogP contribution is -2.55. The van der Waals surface area contributed by atoms with Crippen LogP contribution in [0.15, 0.2) is 0 Å². The number of rotatable bonds is 2. The lowest BCUT2D eigenvalue weighted by molar-refractivity contribution is -0.146. The van der Waals surface area contributed by atoms with Crippen molar-refractivity contribution in [2.24, 2.45) is 11.1 Å². The van der Waals surface area contributed by atoms with E-state index >= 15 is 0 Å². The largest absolute Gasteiger partial charge is 0.392 e. The van der Waals surface area contributed by atoms with Crippen molar-refractivity contribution in [3.8, 4) is 0 Å². The van der Waals surface area contributed by atoms with Crippen LogP contribution >= 0.6 is 12.2 Å². The Morgan fingerprint density at radius 3 is 2.61 bits per heavy atom. The van der Waals surface area contributed by atoms with Gasteiger partial charge in [0, 0.05) is 13.1 Å². The first-order valence-electron chi connectivity index (χ1n) is 6.77. The van der Waals surface area contributed by atoms with Crippen molar-refractivity contribution >= 4 is 23.1 Å². The molecule has 2 N–H and O–H groups in total. The maximum absolute atomic E-state index is 12.8. The molecule has 2 rings (SSSR count). The van der Waals surface area contributed by atoms with Crippen LogP contribution in [0.5, 0.6) is 0 Å². The predicted molar refractivity (Wildman–Crippen MR) is 74.3 cm³/mol. The van der Waals surface area contributed by atoms with E-state index in [1.807, 2.05) is 11.8 Å². The third kappa shape index (κ3) is 2.52. The van der Waals surface area contributed by atoms with Gasteiger partial charge in [-0.1, -0.05) is 31.5 Å². The maximum Gasteiger partial charge on any atom is 0.235 e. The average molecular weight is 270 g/mol. The number of carbonyl (C=O) groups excluding carboxylic acids is 1. The van der Waals surface area contributed by atoms with E-state index in [0.29, 0.717) is 24.7 Å². The highest BCUT2D eigenvalue weighted by molar-refractivity contribution is 7.80. The van der Waals surface area contributed by atoms with E-state index in [2.05, 4.69) is 0 Å². The first kappa shape index (κ1) is 13.7. The molecule has 2 aliphatic rings. The number of carbonyl (C=O) groups is 1. The number of hydrogen-bond donors (Lipinski definition) is 1. The van der Waals surface area contributed by atoms with Gasteiger partial charge in [0.15, 0.2) is 0 Å². The number of nitrogens with zero attached hydrogens (tertiary/aromatic N) is 1. The van der Waals surface area contributed by atoms with Gasteiger partial charge >= 0.3 is 0 Å². The fraction of sp³-hybridized carbons (Fsp3) is 0.846. The molecule has 1 saturated heterocycles. The van der Waals surface area contributed by atoms with Crippen molar-refractivity contribution in [2.75, 3.05) is 19.7 Å². The van der Waals surface area contributed by atoms with Gasteiger partial charge in [0.25, 0.3) is 0 Å². The molecule has 102 valence electrons. The van der Waals surface area contributed by atoms with Crippen LogP contribution in [0.2, 0.25) is 0 Å². The average Bonchev–Trinajstić information content (AvgIpc) is 2.38. The highest BCUT2D eigenvalue weighted by atomic mass is 32.1. The molecule has 0 spiro atoms. The van der Waals surface area contributed by atoms with Crippen LogP contribution in [0, 0.1) is 5.41 Å². The normalized spacial score (nSPS) is 27.8. The minimum absolute atomic E-state index is 0.106. The molecule has 2 fully saturated rings. The molecule has 1 aliphatic carbocycles. The third-order valence-corrected chi connectivity index (χ3v) is 4.51. The Morgan fingerprint density at radius 1 is 1.39 bits per heavy atom. The van der Waals surface area contributed by atoms with Crippen molar-refractivity contribution in [2.45, 2.75) is 45.1 Å². The minimum atomic E-state index is -0.579. The molecule has 1 atom stereocenters. The summed E-state index contributed by atoms with van der Waals surface area (Å²) in [6, 6.07) is 0. The molecule has 18 heavy (non-hydrogen) atoms. The molecule has 1 saturated carbocycles. The maximum atomic E-state index is 12.8. The zero-order valence-electron chi connectivity index (χ0n) is 11.0. The van der Waals surface area contributed by atoms with E-state index in [1.165, 1.54) is 6.42 Å². The van der Waals surface area contributed by atoms with Crippen molar-refractivity contribution in [3.63, 3.8) is 0 Å². The van der Waals surface area contributed by atoms with Crippen LogP contribution in [0.1, 0.15) is 39.0 Å². The lowest BCUT2D eigenvalue weighted by Gasteiger charge is -2.41. The number of amides is 1. The van der Waals surface area contributed by atoms with E-state index in [4.69, 9.17) is 22.7 Å². The van der Waals surface area contributed by atoms with Gasteiger partial charge in [0.1, 0.15) is 0 Å². The third-order valence-electron chi connectivity index (χ3n) is 4.12. The SMILES string of the molecule is CC1CN(C(=O)C2(C(N)=S)CCCCC2)CCO1. The summed E-state index contributed by atoms with van der Waals surface area (Å²) in [6.45, 7) is 3.92. The Bertz CT molecular complexity index is 340. The topological polar surface area (TPSA) is 55.6 Å². The summed E-state index contributed by atoms with van der Waals surface area (Å²) in [5, 5.41) is 0. The highest BCUT2D eigenvalue weighted by Gasteiger charge is 2.45. The van der Waals surface area contributed by atoms with E-state index in [1.54, 1.807) is 0 Å². The second-order valence-corrected chi connectivity index (χ2v) is 5.88. The number of ether oxygens (including phenoxy) is 1. The van der Waals surface area contributed by atoms with Crippen LogP contribution in [0.3, 0.4) is 0 Å². The smallest absolute Gasteiger partial charge is 0.235 e. The molecule has 0 aromatic rings. The molecule has 4 nitrogen and oxygen atoms in total. The molecule has 0 bridgehead atoms. The Morgan fingerprint density at radius 2 is 2.06 bits per heavy atom. The summed E-state index contributed by atoms with van der Waals surface area (Å²) < 4.78 is 5.48. The predicted octanol–water partition coefficient (Wildman–Crippen LogP) is 1.47. The van der Waals surface area contributed by atoms with Gasteiger partial charge in [-0.05, 0) is 19.8 Å². The van der Waals surface area contributed by atoms with Crippen molar-refractivity contribution < 1.29 is 9.53 Å². The first-order valence-corrected chi connectivity index (χ1v) is 7.18. The zero-order chi connectivity index (χ0) is 13.2. The summed E-state index contributed by atoms with van der Waals surface area (Å²) in [5.41, 5.74) is 5.32. The molecule has 1 heterocycles. The monoisotopic (exact) mass is 270 g/mol. The molecular weight excluding hydrogens is 248 g/mol. The van der Waals surface area contributed by atoms with Gasteiger partial charge < -0.3 is 15.4 Å². The molecular formula is C13H22N2O2S. The van der Waals surface area contributed by atoms with Crippen LogP contribution in [-0.2, 0) is 9.53 Å². The second kappa shape index (κ2) is 5.53. The first-order chi connectivity index (χ1) is 8.56. The Hall–Kier alpha value is -0.680. The summed E-state index contributed by atoms with van der Waals surface area (Å²) in [7, 11) is 0. The Labute approximate surface area is 114 Å².